The third-order valence-electron chi connectivity index (χ3n) is 3.73. The lowest BCUT2D eigenvalue weighted by Crippen LogP contribution is -2.19. The summed E-state index contributed by atoms with van der Waals surface area (Å²) in [4.78, 5) is 12.0. The zero-order chi connectivity index (χ0) is 14.0. The summed E-state index contributed by atoms with van der Waals surface area (Å²) in [6.07, 6.45) is 2.70. The maximum atomic E-state index is 12.0. The largest absolute Gasteiger partial charge is 0.508 e. The number of phenolic OH excluding ortho intramolecular Hbond substituents is 1. The lowest BCUT2D eigenvalue weighted by atomic mass is 9.79. The highest BCUT2D eigenvalue weighted by Crippen LogP contribution is 2.34. The van der Waals surface area contributed by atoms with E-state index in [0.717, 1.165) is 36.0 Å². The smallest absolute Gasteiger partial charge is 0.338 e. The Bertz CT molecular complexity index is 517. The van der Waals surface area contributed by atoms with Crippen molar-refractivity contribution >= 4 is 5.97 Å². The monoisotopic (exact) mass is 260 g/mol. The van der Waals surface area contributed by atoms with Crippen molar-refractivity contribution < 1.29 is 14.6 Å². The van der Waals surface area contributed by atoms with Crippen molar-refractivity contribution in [2.45, 2.75) is 33.1 Å². The Morgan fingerprint density at radius 1 is 1.53 bits per heavy atom. The van der Waals surface area contributed by atoms with Crippen LogP contribution in [0.1, 0.15) is 41.8 Å². The van der Waals surface area contributed by atoms with Crippen molar-refractivity contribution in [2.75, 3.05) is 6.61 Å². The van der Waals surface area contributed by atoms with Gasteiger partial charge in [-0.05, 0) is 62.3 Å². The van der Waals surface area contributed by atoms with Gasteiger partial charge in [0.25, 0.3) is 0 Å². The summed E-state index contributed by atoms with van der Waals surface area (Å²) < 4.78 is 5.07. The van der Waals surface area contributed by atoms with Gasteiger partial charge in [0.05, 0.1) is 12.2 Å². The van der Waals surface area contributed by atoms with E-state index in [4.69, 9.17) is 4.74 Å². The average Bonchev–Trinajstić information content (AvgIpc) is 2.37. The van der Waals surface area contributed by atoms with Crippen LogP contribution in [-0.4, -0.2) is 17.7 Å². The number of ether oxygens (including phenoxy) is 1. The van der Waals surface area contributed by atoms with Crippen molar-refractivity contribution in [1.82, 2.24) is 0 Å². The van der Waals surface area contributed by atoms with E-state index in [1.165, 1.54) is 6.07 Å². The number of hydrogen-bond acceptors (Lipinski definition) is 3. The lowest BCUT2D eigenvalue weighted by Gasteiger charge is -2.26. The maximum Gasteiger partial charge on any atom is 0.338 e. The fourth-order valence-corrected chi connectivity index (χ4v) is 2.67. The summed E-state index contributed by atoms with van der Waals surface area (Å²) in [7, 11) is 0. The van der Waals surface area contributed by atoms with E-state index in [1.807, 2.05) is 6.92 Å². The second-order valence-corrected chi connectivity index (χ2v) is 5.14. The molecule has 0 fully saturated rings. The van der Waals surface area contributed by atoms with Gasteiger partial charge in [-0.25, -0.2) is 4.79 Å². The first-order valence-corrected chi connectivity index (χ1v) is 6.70. The number of fused-ring (bicyclic) bond motifs is 1. The van der Waals surface area contributed by atoms with Gasteiger partial charge in [0, 0.05) is 0 Å². The summed E-state index contributed by atoms with van der Waals surface area (Å²) in [5, 5.41) is 9.74. The van der Waals surface area contributed by atoms with E-state index in [2.05, 4.69) is 6.58 Å². The van der Waals surface area contributed by atoms with Crippen molar-refractivity contribution in [3.63, 3.8) is 0 Å². The molecule has 3 heteroatoms. The van der Waals surface area contributed by atoms with Gasteiger partial charge in [-0.3, -0.25) is 0 Å². The number of benzene rings is 1. The number of carbonyl (C=O) groups is 1. The molecule has 0 radical (unpaired) electrons. The zero-order valence-corrected chi connectivity index (χ0v) is 11.5. The molecule has 102 valence electrons. The zero-order valence-electron chi connectivity index (χ0n) is 11.5. The van der Waals surface area contributed by atoms with Gasteiger partial charge in [-0.2, -0.15) is 0 Å². The predicted molar refractivity (Wildman–Crippen MR) is 74.4 cm³/mol. The Labute approximate surface area is 113 Å². The molecule has 1 aliphatic rings. The Kier molecular flexibility index (Phi) is 3.93. The van der Waals surface area contributed by atoms with Gasteiger partial charge < -0.3 is 9.84 Å². The summed E-state index contributed by atoms with van der Waals surface area (Å²) in [5.41, 5.74) is 3.72. The first-order chi connectivity index (χ1) is 9.02. The predicted octanol–water partition coefficient (Wildman–Crippen LogP) is 3.25. The normalized spacial score (nSPS) is 17.7. The first kappa shape index (κ1) is 13.7. The van der Waals surface area contributed by atoms with Crippen molar-refractivity contribution in [3.8, 4) is 5.75 Å². The van der Waals surface area contributed by atoms with Crippen LogP contribution >= 0.6 is 0 Å². The van der Waals surface area contributed by atoms with Crippen LogP contribution < -0.4 is 0 Å². The van der Waals surface area contributed by atoms with E-state index < -0.39 is 0 Å². The van der Waals surface area contributed by atoms with Gasteiger partial charge >= 0.3 is 5.97 Å². The van der Waals surface area contributed by atoms with Crippen LogP contribution in [0.25, 0.3) is 0 Å². The van der Waals surface area contributed by atoms with Crippen LogP contribution in [0.4, 0.5) is 0 Å². The fourth-order valence-electron chi connectivity index (χ4n) is 2.67. The first-order valence-electron chi connectivity index (χ1n) is 6.70. The van der Waals surface area contributed by atoms with Crippen LogP contribution in [0.3, 0.4) is 0 Å². The highest BCUT2D eigenvalue weighted by molar-refractivity contribution is 5.92. The second-order valence-electron chi connectivity index (χ2n) is 5.14. The minimum Gasteiger partial charge on any atom is -0.508 e. The molecule has 2 rings (SSSR count). The molecule has 1 N–H and O–H groups in total. The standard InChI is InChI=1S/C16H20O3/c1-4-19-16(18)15-9-13(17)7-12-6-5-11(10(2)3)8-14(12)15/h7,9,11,17H,2,4-6,8H2,1,3H3/t11-/m1/s1. The topological polar surface area (TPSA) is 46.5 Å². The minimum absolute atomic E-state index is 0.135. The fraction of sp³-hybridized carbons (Fsp3) is 0.438. The molecule has 0 saturated heterocycles. The second kappa shape index (κ2) is 5.47. The summed E-state index contributed by atoms with van der Waals surface area (Å²) in [6.45, 7) is 8.16. The van der Waals surface area contributed by atoms with Crippen LogP contribution in [-0.2, 0) is 17.6 Å². The molecule has 3 nitrogen and oxygen atoms in total. The van der Waals surface area contributed by atoms with Crippen LogP contribution in [0, 0.1) is 5.92 Å². The van der Waals surface area contributed by atoms with Crippen molar-refractivity contribution in [2.24, 2.45) is 5.92 Å². The van der Waals surface area contributed by atoms with Gasteiger partial charge in [-0.15, -0.1) is 0 Å². The molecule has 19 heavy (non-hydrogen) atoms. The molecule has 0 heterocycles. The molecule has 0 amide bonds. The van der Waals surface area contributed by atoms with E-state index in [9.17, 15) is 9.90 Å². The molecule has 0 saturated carbocycles. The van der Waals surface area contributed by atoms with Gasteiger partial charge in [0.15, 0.2) is 0 Å². The van der Waals surface area contributed by atoms with Crippen LogP contribution in [0.15, 0.2) is 24.3 Å². The quantitative estimate of drug-likeness (QED) is 0.670. The van der Waals surface area contributed by atoms with E-state index >= 15 is 0 Å². The number of hydrogen-bond donors (Lipinski definition) is 1. The maximum absolute atomic E-state index is 12.0. The number of allylic oxidation sites excluding steroid dienone is 1. The van der Waals surface area contributed by atoms with Gasteiger partial charge in [0.1, 0.15) is 5.75 Å². The number of aryl methyl sites for hydroxylation is 1. The number of rotatable bonds is 3. The van der Waals surface area contributed by atoms with Gasteiger partial charge in [0.2, 0.25) is 0 Å². The SMILES string of the molecule is C=C(C)[C@@H]1CCc2cc(O)cc(C(=O)OCC)c2C1. The molecule has 0 bridgehead atoms. The van der Waals surface area contributed by atoms with E-state index in [0.29, 0.717) is 18.1 Å². The number of phenols is 1. The highest BCUT2D eigenvalue weighted by atomic mass is 16.5. The lowest BCUT2D eigenvalue weighted by molar-refractivity contribution is 0.0524. The molecular weight excluding hydrogens is 240 g/mol. The molecule has 0 aliphatic heterocycles. The van der Waals surface area contributed by atoms with E-state index in [1.54, 1.807) is 13.0 Å². The van der Waals surface area contributed by atoms with Crippen LogP contribution in [0.2, 0.25) is 0 Å². The Balaban J connectivity index is 2.42. The molecule has 1 aliphatic carbocycles. The number of aromatic hydroxyl groups is 1. The van der Waals surface area contributed by atoms with Crippen molar-refractivity contribution in [3.05, 3.63) is 41.0 Å². The summed E-state index contributed by atoms with van der Waals surface area (Å²) in [6, 6.07) is 3.27. The molecule has 1 aromatic carbocycles. The van der Waals surface area contributed by atoms with Gasteiger partial charge in [-0.1, -0.05) is 12.2 Å². The third kappa shape index (κ3) is 2.80. The Morgan fingerprint density at radius 3 is 2.89 bits per heavy atom. The summed E-state index contributed by atoms with van der Waals surface area (Å²) in [5.74, 6) is 0.192. The minimum atomic E-state index is -0.350. The molecule has 0 spiro atoms. The Hall–Kier alpha value is -1.77. The third-order valence-corrected chi connectivity index (χ3v) is 3.73. The molecule has 1 atom stereocenters. The van der Waals surface area contributed by atoms with Crippen molar-refractivity contribution in [1.29, 1.82) is 0 Å². The average molecular weight is 260 g/mol. The molecule has 0 aromatic heterocycles. The highest BCUT2D eigenvalue weighted by Gasteiger charge is 2.25. The number of esters is 1. The molecule has 1 aromatic rings. The molecule has 0 unspecified atom stereocenters. The van der Waals surface area contributed by atoms with Crippen LogP contribution in [0.5, 0.6) is 5.75 Å². The Morgan fingerprint density at radius 2 is 2.26 bits per heavy atom. The molecular formula is C16H20O3. The number of carbonyl (C=O) groups excluding carboxylic acids is 1. The van der Waals surface area contributed by atoms with E-state index in [-0.39, 0.29) is 11.7 Å². The summed E-state index contributed by atoms with van der Waals surface area (Å²) >= 11 is 0.